The minimum Gasteiger partial charge on any atom is -0.308 e. The molecular formula is C23H20N2. The van der Waals surface area contributed by atoms with Crippen LogP contribution in [-0.4, -0.2) is 9.55 Å². The van der Waals surface area contributed by atoms with Crippen LogP contribution in [0.3, 0.4) is 0 Å². The third-order valence-electron chi connectivity index (χ3n) is 6.64. The molecule has 25 heavy (non-hydrogen) atoms. The van der Waals surface area contributed by atoms with Crippen LogP contribution in [0, 0.1) is 0 Å². The van der Waals surface area contributed by atoms with Gasteiger partial charge in [-0.1, -0.05) is 64.1 Å². The Labute approximate surface area is 147 Å². The average Bonchev–Trinajstić information content (AvgIpc) is 2.94. The summed E-state index contributed by atoms with van der Waals surface area (Å²) < 4.78 is 2.53. The second kappa shape index (κ2) is 3.80. The predicted octanol–water partition coefficient (Wildman–Crippen LogP) is 5.46. The summed E-state index contributed by atoms with van der Waals surface area (Å²) in [7, 11) is 0. The van der Waals surface area contributed by atoms with Gasteiger partial charge in [-0.05, 0) is 16.7 Å². The fourth-order valence-electron chi connectivity index (χ4n) is 5.27. The van der Waals surface area contributed by atoms with Gasteiger partial charge >= 0.3 is 0 Å². The van der Waals surface area contributed by atoms with Gasteiger partial charge in [0.05, 0.1) is 16.7 Å². The molecule has 0 atom stereocenters. The number of fused-ring (bicyclic) bond motifs is 1. The van der Waals surface area contributed by atoms with Gasteiger partial charge in [-0.15, -0.1) is 0 Å². The molecule has 0 unspecified atom stereocenters. The van der Waals surface area contributed by atoms with Gasteiger partial charge in [0.2, 0.25) is 0 Å². The first kappa shape index (κ1) is 13.7. The Morgan fingerprint density at radius 2 is 1.28 bits per heavy atom. The van der Waals surface area contributed by atoms with E-state index in [9.17, 15) is 0 Å². The number of pyridine rings is 1. The van der Waals surface area contributed by atoms with Crippen molar-refractivity contribution >= 4 is 21.8 Å². The first-order valence-corrected chi connectivity index (χ1v) is 9.00. The number of rotatable bonds is 0. The lowest BCUT2D eigenvalue weighted by Gasteiger charge is -2.41. The number of aromatic nitrogens is 2. The Morgan fingerprint density at radius 1 is 0.680 bits per heavy atom. The Kier molecular flexibility index (Phi) is 2.07. The topological polar surface area (TPSA) is 17.8 Å². The lowest BCUT2D eigenvalue weighted by Crippen LogP contribution is -2.33. The van der Waals surface area contributed by atoms with E-state index >= 15 is 0 Å². The van der Waals surface area contributed by atoms with Crippen molar-refractivity contribution in [3.8, 4) is 5.69 Å². The van der Waals surface area contributed by atoms with Crippen LogP contribution in [0.4, 0.5) is 0 Å². The summed E-state index contributed by atoms with van der Waals surface area (Å²) in [6, 6.07) is 13.6. The maximum absolute atomic E-state index is 4.62. The molecule has 0 aliphatic carbocycles. The smallest absolute Gasteiger partial charge is 0.0613 e. The monoisotopic (exact) mass is 324 g/mol. The van der Waals surface area contributed by atoms with Crippen LogP contribution >= 0.6 is 0 Å². The Morgan fingerprint density at radius 3 is 2.04 bits per heavy atom. The zero-order valence-corrected chi connectivity index (χ0v) is 15.0. The summed E-state index contributed by atoms with van der Waals surface area (Å²) in [5, 5.41) is 2.61. The van der Waals surface area contributed by atoms with Crippen LogP contribution in [0.15, 0.2) is 48.8 Å². The summed E-state index contributed by atoms with van der Waals surface area (Å²) in [6.07, 6.45) is 4.11. The van der Waals surface area contributed by atoms with E-state index in [0.29, 0.717) is 0 Å². The molecule has 0 spiro atoms. The van der Waals surface area contributed by atoms with Gasteiger partial charge in [0.1, 0.15) is 0 Å². The highest BCUT2D eigenvalue weighted by Crippen LogP contribution is 2.54. The van der Waals surface area contributed by atoms with Gasteiger partial charge in [-0.3, -0.25) is 4.98 Å². The standard InChI is InChI=1S/C23H20N2/c1-22(2)15-8-5-7-13-14-11-24-12-18-20(14)25(19(13)15)21-16(22)9-6-10-17(21)23(18,3)4/h5-12H,1-4H3. The van der Waals surface area contributed by atoms with Crippen LogP contribution in [0.5, 0.6) is 0 Å². The molecule has 0 saturated heterocycles. The molecule has 122 valence electrons. The summed E-state index contributed by atoms with van der Waals surface area (Å²) in [6.45, 7) is 9.39. The molecule has 4 aromatic rings. The molecule has 2 aromatic heterocycles. The van der Waals surface area contributed by atoms with Crippen molar-refractivity contribution in [2.24, 2.45) is 0 Å². The molecule has 2 aliphatic rings. The minimum atomic E-state index is -0.0458. The highest BCUT2D eigenvalue weighted by Gasteiger charge is 2.43. The van der Waals surface area contributed by atoms with Gasteiger partial charge in [-0.2, -0.15) is 0 Å². The zero-order chi connectivity index (χ0) is 17.1. The maximum Gasteiger partial charge on any atom is 0.0613 e. The molecule has 2 nitrogen and oxygen atoms in total. The van der Waals surface area contributed by atoms with Crippen molar-refractivity contribution in [2.45, 2.75) is 38.5 Å². The second-order valence-electron chi connectivity index (χ2n) is 8.57. The first-order chi connectivity index (χ1) is 11.9. The number of nitrogens with zero attached hydrogens (tertiary/aromatic N) is 2. The van der Waals surface area contributed by atoms with Crippen molar-refractivity contribution < 1.29 is 0 Å². The normalized spacial score (nSPS) is 18.2. The lowest BCUT2D eigenvalue weighted by atomic mass is 9.69. The van der Waals surface area contributed by atoms with Crippen molar-refractivity contribution in [3.05, 3.63) is 71.0 Å². The molecule has 2 aliphatic heterocycles. The van der Waals surface area contributed by atoms with E-state index in [1.54, 1.807) is 0 Å². The molecule has 0 fully saturated rings. The SMILES string of the molecule is CC1(C)c2cccc3c2-n2c4c1cccc4c1cncc(c12)C3(C)C. The van der Waals surface area contributed by atoms with Gasteiger partial charge in [0.15, 0.2) is 0 Å². The van der Waals surface area contributed by atoms with Gasteiger partial charge in [-0.25, -0.2) is 0 Å². The molecule has 0 bridgehead atoms. The Balaban J connectivity index is 2.06. The van der Waals surface area contributed by atoms with E-state index in [2.05, 4.69) is 79.8 Å². The fraction of sp³-hybridized carbons (Fsp3) is 0.261. The van der Waals surface area contributed by atoms with Gasteiger partial charge in [0.25, 0.3) is 0 Å². The molecule has 6 rings (SSSR count). The Hall–Kier alpha value is -2.61. The fourth-order valence-corrected chi connectivity index (χ4v) is 5.27. The van der Waals surface area contributed by atoms with Crippen molar-refractivity contribution in [2.75, 3.05) is 0 Å². The summed E-state index contributed by atoms with van der Waals surface area (Å²) in [4.78, 5) is 4.62. The van der Waals surface area contributed by atoms with Crippen LogP contribution in [0.2, 0.25) is 0 Å². The van der Waals surface area contributed by atoms with Crippen LogP contribution in [0.25, 0.3) is 27.5 Å². The number of benzene rings is 2. The molecule has 0 N–H and O–H groups in total. The quantitative estimate of drug-likeness (QED) is 0.420. The third kappa shape index (κ3) is 1.28. The minimum absolute atomic E-state index is 0.00373. The molecule has 4 heterocycles. The van der Waals surface area contributed by atoms with E-state index < -0.39 is 0 Å². The molecule has 0 amide bonds. The second-order valence-corrected chi connectivity index (χ2v) is 8.57. The van der Waals surface area contributed by atoms with Crippen molar-refractivity contribution in [1.29, 1.82) is 0 Å². The van der Waals surface area contributed by atoms with Crippen LogP contribution in [0.1, 0.15) is 49.9 Å². The van der Waals surface area contributed by atoms with E-state index in [1.807, 2.05) is 6.20 Å². The highest BCUT2D eigenvalue weighted by molar-refractivity contribution is 6.13. The molecule has 0 radical (unpaired) electrons. The van der Waals surface area contributed by atoms with Gasteiger partial charge < -0.3 is 4.57 Å². The first-order valence-electron chi connectivity index (χ1n) is 9.00. The van der Waals surface area contributed by atoms with Crippen molar-refractivity contribution in [3.63, 3.8) is 0 Å². The number of hydrogen-bond acceptors (Lipinski definition) is 1. The van der Waals surface area contributed by atoms with Crippen LogP contribution in [-0.2, 0) is 10.8 Å². The van der Waals surface area contributed by atoms with Crippen molar-refractivity contribution in [1.82, 2.24) is 9.55 Å². The summed E-state index contributed by atoms with van der Waals surface area (Å²) in [5.74, 6) is 0. The summed E-state index contributed by atoms with van der Waals surface area (Å²) in [5.41, 5.74) is 9.64. The van der Waals surface area contributed by atoms with E-state index in [1.165, 1.54) is 49.7 Å². The highest BCUT2D eigenvalue weighted by atomic mass is 15.0. The van der Waals surface area contributed by atoms with E-state index in [-0.39, 0.29) is 10.8 Å². The third-order valence-corrected chi connectivity index (χ3v) is 6.64. The zero-order valence-electron chi connectivity index (χ0n) is 15.0. The largest absolute Gasteiger partial charge is 0.308 e. The molecular weight excluding hydrogens is 304 g/mol. The number of para-hydroxylation sites is 2. The molecule has 2 heteroatoms. The molecule has 2 aromatic carbocycles. The lowest BCUT2D eigenvalue weighted by molar-refractivity contribution is 0.592. The van der Waals surface area contributed by atoms with Gasteiger partial charge in [0, 0.05) is 39.6 Å². The molecule has 0 saturated carbocycles. The van der Waals surface area contributed by atoms with E-state index in [4.69, 9.17) is 0 Å². The average molecular weight is 324 g/mol. The summed E-state index contributed by atoms with van der Waals surface area (Å²) >= 11 is 0. The van der Waals surface area contributed by atoms with Crippen LogP contribution < -0.4 is 0 Å². The van der Waals surface area contributed by atoms with E-state index in [0.717, 1.165) is 0 Å². The Bertz CT molecular complexity index is 1150. The number of hydrogen-bond donors (Lipinski definition) is 0. The maximum atomic E-state index is 4.62. The predicted molar refractivity (Wildman–Crippen MR) is 103 cm³/mol.